The van der Waals surface area contributed by atoms with Gasteiger partial charge >= 0.3 is 5.97 Å². The van der Waals surface area contributed by atoms with Crippen molar-refractivity contribution in [2.75, 3.05) is 19.7 Å². The van der Waals surface area contributed by atoms with Crippen molar-refractivity contribution in [2.45, 2.75) is 64.3 Å². The van der Waals surface area contributed by atoms with Gasteiger partial charge in [0.1, 0.15) is 5.54 Å². The van der Waals surface area contributed by atoms with Crippen LogP contribution in [0, 0.1) is 5.92 Å². The Hall–Kier alpha value is -1.26. The Morgan fingerprint density at radius 2 is 2.24 bits per heavy atom. The Morgan fingerprint density at radius 3 is 2.90 bits per heavy atom. The fraction of sp³-hybridized carbons (Fsp3) is 0.933. The molecule has 1 rings (SSSR count). The summed E-state index contributed by atoms with van der Waals surface area (Å²) in [6, 6.07) is 0. The van der Waals surface area contributed by atoms with Crippen molar-refractivity contribution in [1.82, 2.24) is 5.32 Å². The average Bonchev–Trinajstić information content (AvgIpc) is 2.68. The van der Waals surface area contributed by atoms with Crippen molar-refractivity contribution in [3.63, 3.8) is 0 Å². The normalized spacial score (nSPS) is 25.7. The van der Waals surface area contributed by atoms with Crippen LogP contribution in [0.5, 0.6) is 0 Å². The van der Waals surface area contributed by atoms with Crippen LogP contribution >= 0.6 is 0 Å². The van der Waals surface area contributed by atoms with Crippen LogP contribution in [-0.4, -0.2) is 31.2 Å². The molecule has 0 radical (unpaired) electrons. The second-order valence-corrected chi connectivity index (χ2v) is 5.77. The molecule has 1 aliphatic carbocycles. The summed E-state index contributed by atoms with van der Waals surface area (Å²) < 4.78 is 5.29. The van der Waals surface area contributed by atoms with E-state index in [-0.39, 0.29) is 5.97 Å². The van der Waals surface area contributed by atoms with Gasteiger partial charge in [0.2, 0.25) is 0 Å². The summed E-state index contributed by atoms with van der Waals surface area (Å²) in [5.41, 5.74) is 7.74. The number of carbonyl (C=O) groups is 1. The standard InChI is InChI=1S/C15H28N4O2/c1-3-6-13-7-5-9-15(10-8-13,14(20)21-4-2)17-11-12-18-19-16/h13,17H,3-12H2,1-2H3. The Labute approximate surface area is 127 Å². The Bertz CT molecular complexity index is 369. The average molecular weight is 296 g/mol. The highest BCUT2D eigenvalue weighted by atomic mass is 16.5. The first-order valence-corrected chi connectivity index (χ1v) is 8.11. The zero-order valence-corrected chi connectivity index (χ0v) is 13.3. The number of rotatable bonds is 8. The Morgan fingerprint density at radius 1 is 1.43 bits per heavy atom. The summed E-state index contributed by atoms with van der Waals surface area (Å²) in [5, 5.41) is 6.84. The van der Waals surface area contributed by atoms with Crippen LogP contribution in [0.3, 0.4) is 0 Å². The van der Waals surface area contributed by atoms with Gasteiger partial charge in [-0.2, -0.15) is 0 Å². The van der Waals surface area contributed by atoms with E-state index in [0.717, 1.165) is 25.7 Å². The summed E-state index contributed by atoms with van der Waals surface area (Å²) in [7, 11) is 0. The highest BCUT2D eigenvalue weighted by molar-refractivity contribution is 5.80. The van der Waals surface area contributed by atoms with E-state index in [0.29, 0.717) is 25.6 Å². The maximum Gasteiger partial charge on any atom is 0.326 e. The molecule has 0 aliphatic heterocycles. The molecule has 0 aromatic heterocycles. The molecule has 1 saturated carbocycles. The number of carbonyl (C=O) groups excluding carboxylic acids is 1. The second kappa shape index (κ2) is 9.64. The van der Waals surface area contributed by atoms with E-state index in [1.165, 1.54) is 19.3 Å². The minimum atomic E-state index is -0.594. The van der Waals surface area contributed by atoms with Crippen molar-refractivity contribution >= 4 is 5.97 Å². The quantitative estimate of drug-likeness (QED) is 0.185. The van der Waals surface area contributed by atoms with Gasteiger partial charge in [-0.1, -0.05) is 37.7 Å². The van der Waals surface area contributed by atoms with Crippen molar-refractivity contribution in [3.05, 3.63) is 10.4 Å². The molecule has 0 amide bonds. The van der Waals surface area contributed by atoms with Crippen molar-refractivity contribution in [2.24, 2.45) is 11.0 Å². The Kier molecular flexibility index (Phi) is 8.16. The summed E-state index contributed by atoms with van der Waals surface area (Å²) in [4.78, 5) is 15.2. The van der Waals surface area contributed by atoms with E-state index < -0.39 is 5.54 Å². The lowest BCUT2D eigenvalue weighted by Crippen LogP contribution is -2.53. The number of nitrogens with zero attached hydrogens (tertiary/aromatic N) is 3. The van der Waals surface area contributed by atoms with Gasteiger partial charge in [0, 0.05) is 18.0 Å². The van der Waals surface area contributed by atoms with Gasteiger partial charge < -0.3 is 10.1 Å². The second-order valence-electron chi connectivity index (χ2n) is 5.77. The summed E-state index contributed by atoms with van der Waals surface area (Å²) in [5.74, 6) is 0.563. The lowest BCUT2D eigenvalue weighted by Gasteiger charge is -2.31. The molecule has 6 nitrogen and oxygen atoms in total. The zero-order valence-electron chi connectivity index (χ0n) is 13.3. The first-order valence-electron chi connectivity index (χ1n) is 8.11. The highest BCUT2D eigenvalue weighted by Crippen LogP contribution is 2.33. The number of esters is 1. The molecule has 0 bridgehead atoms. The van der Waals surface area contributed by atoms with E-state index in [2.05, 4.69) is 22.3 Å². The fourth-order valence-corrected chi connectivity index (χ4v) is 3.22. The molecular weight excluding hydrogens is 268 g/mol. The van der Waals surface area contributed by atoms with E-state index in [4.69, 9.17) is 10.3 Å². The smallest absolute Gasteiger partial charge is 0.326 e. The largest absolute Gasteiger partial charge is 0.465 e. The van der Waals surface area contributed by atoms with Gasteiger partial charge in [-0.15, -0.1) is 0 Å². The SMILES string of the molecule is CCCC1CCCC(NCCN=[N+]=[N-])(C(=O)OCC)CC1. The number of hydrogen-bond acceptors (Lipinski definition) is 4. The molecule has 120 valence electrons. The number of azide groups is 1. The number of nitrogens with one attached hydrogen (secondary N) is 1. The molecule has 1 fully saturated rings. The zero-order chi connectivity index (χ0) is 15.6. The van der Waals surface area contributed by atoms with Crippen molar-refractivity contribution in [3.8, 4) is 0 Å². The number of hydrogen-bond donors (Lipinski definition) is 1. The van der Waals surface area contributed by atoms with Gasteiger partial charge in [0.15, 0.2) is 0 Å². The van der Waals surface area contributed by atoms with Crippen LogP contribution in [0.4, 0.5) is 0 Å². The molecule has 0 spiro atoms. The summed E-state index contributed by atoms with van der Waals surface area (Å²) >= 11 is 0. The maximum atomic E-state index is 12.4. The minimum Gasteiger partial charge on any atom is -0.465 e. The van der Waals surface area contributed by atoms with Crippen LogP contribution in [0.15, 0.2) is 5.11 Å². The van der Waals surface area contributed by atoms with Gasteiger partial charge in [-0.25, -0.2) is 0 Å². The van der Waals surface area contributed by atoms with Crippen LogP contribution in [0.2, 0.25) is 0 Å². The first kappa shape index (κ1) is 17.8. The lowest BCUT2D eigenvalue weighted by molar-refractivity contribution is -0.152. The van der Waals surface area contributed by atoms with E-state index in [1.807, 2.05) is 6.92 Å². The van der Waals surface area contributed by atoms with Gasteiger partial charge in [0.25, 0.3) is 0 Å². The molecule has 0 heterocycles. The molecule has 0 saturated heterocycles. The molecular formula is C15H28N4O2. The minimum absolute atomic E-state index is 0.150. The monoisotopic (exact) mass is 296 g/mol. The fourth-order valence-electron chi connectivity index (χ4n) is 3.22. The predicted molar refractivity (Wildman–Crippen MR) is 82.9 cm³/mol. The molecule has 0 aromatic rings. The summed E-state index contributed by atoms with van der Waals surface area (Å²) in [6.45, 7) is 5.32. The number of ether oxygens (including phenoxy) is 1. The molecule has 0 aromatic carbocycles. The topological polar surface area (TPSA) is 87.1 Å². The van der Waals surface area contributed by atoms with Crippen LogP contribution in [0.1, 0.15) is 58.8 Å². The van der Waals surface area contributed by atoms with E-state index in [1.54, 1.807) is 0 Å². The maximum absolute atomic E-state index is 12.4. The molecule has 1 aliphatic rings. The van der Waals surface area contributed by atoms with Crippen molar-refractivity contribution < 1.29 is 9.53 Å². The van der Waals surface area contributed by atoms with Crippen LogP contribution in [0.25, 0.3) is 10.4 Å². The highest BCUT2D eigenvalue weighted by Gasteiger charge is 2.40. The van der Waals surface area contributed by atoms with Crippen LogP contribution < -0.4 is 5.32 Å². The summed E-state index contributed by atoms with van der Waals surface area (Å²) in [6.07, 6.45) is 7.33. The third-order valence-electron chi connectivity index (χ3n) is 4.30. The third-order valence-corrected chi connectivity index (χ3v) is 4.30. The van der Waals surface area contributed by atoms with E-state index in [9.17, 15) is 4.79 Å². The van der Waals surface area contributed by atoms with E-state index >= 15 is 0 Å². The van der Waals surface area contributed by atoms with Gasteiger partial charge in [-0.3, -0.25) is 4.79 Å². The molecule has 1 N–H and O–H groups in total. The molecule has 6 heteroatoms. The predicted octanol–water partition coefficient (Wildman–Crippen LogP) is 3.57. The lowest BCUT2D eigenvalue weighted by atomic mass is 9.88. The van der Waals surface area contributed by atoms with Crippen LogP contribution in [-0.2, 0) is 9.53 Å². The molecule has 2 atom stereocenters. The van der Waals surface area contributed by atoms with Crippen molar-refractivity contribution in [1.29, 1.82) is 0 Å². The Balaban J connectivity index is 2.71. The first-order chi connectivity index (χ1) is 10.2. The molecule has 2 unspecified atom stereocenters. The van der Waals surface area contributed by atoms with Gasteiger partial charge in [-0.05, 0) is 37.6 Å². The van der Waals surface area contributed by atoms with Gasteiger partial charge in [0.05, 0.1) is 6.61 Å². The third kappa shape index (κ3) is 5.56. The molecule has 21 heavy (non-hydrogen) atoms.